The largest absolute Gasteiger partial charge is 0.294 e. The van der Waals surface area contributed by atoms with Gasteiger partial charge in [0.15, 0.2) is 5.78 Å². The molecule has 30 heavy (non-hydrogen) atoms. The van der Waals surface area contributed by atoms with Gasteiger partial charge >= 0.3 is 0 Å². The van der Waals surface area contributed by atoms with Crippen LogP contribution in [-0.4, -0.2) is 10.4 Å². The van der Waals surface area contributed by atoms with Crippen molar-refractivity contribution in [2.45, 2.75) is 27.3 Å². The zero-order chi connectivity index (χ0) is 21.9. The van der Waals surface area contributed by atoms with Gasteiger partial charge in [0.25, 0.3) is 5.56 Å². The molecular formula is C24H21FN2O2S. The summed E-state index contributed by atoms with van der Waals surface area (Å²) in [6, 6.07) is 15.0. The quantitative estimate of drug-likeness (QED) is 0.651. The molecule has 152 valence electrons. The summed E-state index contributed by atoms with van der Waals surface area (Å²) < 4.78 is 15.7. The number of aromatic nitrogens is 1. The Balaban J connectivity index is 2.21. The lowest BCUT2D eigenvalue weighted by atomic mass is 9.91. The Morgan fingerprint density at radius 2 is 1.83 bits per heavy atom. The highest BCUT2D eigenvalue weighted by Crippen LogP contribution is 2.15. The van der Waals surface area contributed by atoms with Crippen molar-refractivity contribution in [2.75, 3.05) is 0 Å². The van der Waals surface area contributed by atoms with Crippen molar-refractivity contribution in [3.05, 3.63) is 90.6 Å². The number of thiazole rings is 1. The molecule has 0 unspecified atom stereocenters. The first kappa shape index (κ1) is 21.4. The zero-order valence-electron chi connectivity index (χ0n) is 17.0. The maximum atomic E-state index is 13.2. The van der Waals surface area contributed by atoms with Crippen LogP contribution in [0.2, 0.25) is 0 Å². The number of carbonyl (C=O) groups is 1. The van der Waals surface area contributed by atoms with Crippen LogP contribution in [0.15, 0.2) is 53.3 Å². The zero-order valence-corrected chi connectivity index (χ0v) is 17.8. The summed E-state index contributed by atoms with van der Waals surface area (Å²) >= 11 is 1.20. The molecule has 0 radical (unpaired) electrons. The molecule has 0 aliphatic heterocycles. The van der Waals surface area contributed by atoms with E-state index in [9.17, 15) is 19.2 Å². The van der Waals surface area contributed by atoms with E-state index >= 15 is 0 Å². The van der Waals surface area contributed by atoms with Crippen LogP contribution < -0.4 is 14.8 Å². The topological polar surface area (TPSA) is 62.9 Å². The Morgan fingerprint density at radius 3 is 2.47 bits per heavy atom. The predicted molar refractivity (Wildman–Crippen MR) is 117 cm³/mol. The summed E-state index contributed by atoms with van der Waals surface area (Å²) in [5.41, 5.74) is 1.02. The van der Waals surface area contributed by atoms with Gasteiger partial charge in [-0.25, -0.2) is 4.39 Å². The van der Waals surface area contributed by atoms with Crippen LogP contribution in [0.4, 0.5) is 4.39 Å². The van der Waals surface area contributed by atoms with Gasteiger partial charge in [-0.15, -0.1) is 11.3 Å². The third-order valence-corrected chi connectivity index (χ3v) is 5.62. The summed E-state index contributed by atoms with van der Waals surface area (Å²) in [5, 5.41) is 9.38. The van der Waals surface area contributed by atoms with Gasteiger partial charge in [0.2, 0.25) is 0 Å². The number of benzene rings is 2. The van der Waals surface area contributed by atoms with E-state index in [1.165, 1.54) is 34.1 Å². The second-order valence-electron chi connectivity index (χ2n) is 7.92. The molecule has 0 aliphatic carbocycles. The lowest BCUT2D eigenvalue weighted by Crippen LogP contribution is -2.33. The molecule has 6 heteroatoms. The van der Waals surface area contributed by atoms with Crippen LogP contribution in [0.25, 0.3) is 12.2 Å². The molecule has 0 atom stereocenters. The Morgan fingerprint density at radius 1 is 1.17 bits per heavy atom. The van der Waals surface area contributed by atoms with Crippen LogP contribution in [0.5, 0.6) is 0 Å². The van der Waals surface area contributed by atoms with Crippen molar-refractivity contribution in [2.24, 2.45) is 5.41 Å². The van der Waals surface area contributed by atoms with Crippen LogP contribution in [0.3, 0.4) is 0 Å². The monoisotopic (exact) mass is 420 g/mol. The third-order valence-electron chi connectivity index (χ3n) is 4.56. The maximum Gasteiger partial charge on any atom is 0.269 e. The van der Waals surface area contributed by atoms with Gasteiger partial charge in [-0.2, -0.15) is 5.26 Å². The highest BCUT2D eigenvalue weighted by atomic mass is 32.1. The molecule has 0 fully saturated rings. The molecule has 2 aromatic carbocycles. The summed E-state index contributed by atoms with van der Waals surface area (Å²) in [6.07, 6.45) is 3.17. The minimum atomic E-state index is -0.587. The Bertz CT molecular complexity index is 1300. The molecule has 0 saturated heterocycles. The average molecular weight is 421 g/mol. The molecule has 0 saturated carbocycles. The van der Waals surface area contributed by atoms with Gasteiger partial charge in [0, 0.05) is 11.5 Å². The standard InChI is InChI=1S/C24H21FN2O2S/c1-24(2,3)21(28)13-22-27(15-18-7-5-4-6-17(18)14-26)23(29)20(30-22)12-16-8-10-19(25)11-9-16/h4-13H,15H2,1-3H3. The van der Waals surface area contributed by atoms with Crippen molar-refractivity contribution < 1.29 is 9.18 Å². The lowest BCUT2D eigenvalue weighted by Gasteiger charge is -2.13. The number of ketones is 1. The number of rotatable bonds is 4. The molecule has 1 heterocycles. The van der Waals surface area contributed by atoms with Crippen molar-refractivity contribution in [3.8, 4) is 6.07 Å². The molecule has 1 aromatic heterocycles. The second-order valence-corrected chi connectivity index (χ2v) is 8.98. The maximum absolute atomic E-state index is 13.2. The van der Waals surface area contributed by atoms with Gasteiger partial charge < -0.3 is 0 Å². The van der Waals surface area contributed by atoms with E-state index in [4.69, 9.17) is 0 Å². The Kier molecular flexibility index (Phi) is 6.14. The number of hydrogen-bond donors (Lipinski definition) is 0. The molecule has 0 amide bonds. The molecular weight excluding hydrogens is 399 g/mol. The van der Waals surface area contributed by atoms with Crippen LogP contribution >= 0.6 is 11.3 Å². The smallest absolute Gasteiger partial charge is 0.269 e. The van der Waals surface area contributed by atoms with Crippen LogP contribution in [0.1, 0.15) is 37.5 Å². The van der Waals surface area contributed by atoms with E-state index in [2.05, 4.69) is 6.07 Å². The van der Waals surface area contributed by atoms with Crippen molar-refractivity contribution in [1.82, 2.24) is 4.57 Å². The fourth-order valence-electron chi connectivity index (χ4n) is 2.77. The minimum Gasteiger partial charge on any atom is -0.294 e. The summed E-state index contributed by atoms with van der Waals surface area (Å²) in [5.74, 6) is -0.451. The molecule has 0 bridgehead atoms. The highest BCUT2D eigenvalue weighted by Gasteiger charge is 2.19. The van der Waals surface area contributed by atoms with E-state index in [1.807, 2.05) is 26.8 Å². The molecule has 0 N–H and O–H groups in total. The highest BCUT2D eigenvalue weighted by molar-refractivity contribution is 7.07. The fourth-order valence-corrected chi connectivity index (χ4v) is 3.81. The van der Waals surface area contributed by atoms with Crippen LogP contribution in [0, 0.1) is 22.6 Å². The number of hydrogen-bond acceptors (Lipinski definition) is 4. The van der Waals surface area contributed by atoms with E-state index in [1.54, 1.807) is 36.4 Å². The van der Waals surface area contributed by atoms with Gasteiger partial charge in [-0.05, 0) is 35.4 Å². The van der Waals surface area contributed by atoms with Gasteiger partial charge in [-0.1, -0.05) is 51.1 Å². The molecule has 3 aromatic rings. The Hall–Kier alpha value is -3.30. The molecule has 0 spiro atoms. The van der Waals surface area contributed by atoms with Crippen LogP contribution in [-0.2, 0) is 11.3 Å². The lowest BCUT2D eigenvalue weighted by molar-refractivity contribution is -0.120. The van der Waals surface area contributed by atoms with Crippen molar-refractivity contribution in [3.63, 3.8) is 0 Å². The van der Waals surface area contributed by atoms with Gasteiger partial charge in [0.1, 0.15) is 10.5 Å². The first-order valence-electron chi connectivity index (χ1n) is 9.40. The first-order chi connectivity index (χ1) is 14.2. The summed E-state index contributed by atoms with van der Waals surface area (Å²) in [6.45, 7) is 5.63. The number of nitriles is 1. The van der Waals surface area contributed by atoms with E-state index in [0.29, 0.717) is 25.9 Å². The molecule has 4 nitrogen and oxygen atoms in total. The molecule has 3 rings (SSSR count). The van der Waals surface area contributed by atoms with Crippen molar-refractivity contribution in [1.29, 1.82) is 5.26 Å². The van der Waals surface area contributed by atoms with E-state index in [0.717, 1.165) is 0 Å². The third kappa shape index (κ3) is 4.81. The summed E-state index contributed by atoms with van der Waals surface area (Å²) in [7, 11) is 0. The number of Topliss-reactive ketones (excluding diaryl/α,β-unsaturated/α-hetero) is 1. The summed E-state index contributed by atoms with van der Waals surface area (Å²) in [4.78, 5) is 25.8. The Labute approximate surface area is 177 Å². The van der Waals surface area contributed by atoms with E-state index in [-0.39, 0.29) is 23.7 Å². The number of carbonyl (C=O) groups excluding carboxylic acids is 1. The van der Waals surface area contributed by atoms with Crippen molar-refractivity contribution >= 4 is 29.3 Å². The number of halogens is 1. The molecule has 0 aliphatic rings. The average Bonchev–Trinajstić information content (AvgIpc) is 2.98. The SMILES string of the molecule is CC(C)(C)C(=O)C=c1sc(=Cc2ccc(F)cc2)c(=O)n1Cc1ccccc1C#N. The number of nitrogens with zero attached hydrogens (tertiary/aromatic N) is 2. The second kappa shape index (κ2) is 8.60. The van der Waals surface area contributed by atoms with E-state index < -0.39 is 5.41 Å². The van der Waals surface area contributed by atoms with Gasteiger partial charge in [-0.3, -0.25) is 14.2 Å². The fraction of sp³-hybridized carbons (Fsp3) is 0.208. The first-order valence-corrected chi connectivity index (χ1v) is 10.2. The van der Waals surface area contributed by atoms with Gasteiger partial charge in [0.05, 0.1) is 22.7 Å². The predicted octanol–water partition coefficient (Wildman–Crippen LogP) is 3.19. The minimum absolute atomic E-state index is 0.0978. The normalized spacial score (nSPS) is 12.8.